The van der Waals surface area contributed by atoms with Crippen molar-refractivity contribution in [3.63, 3.8) is 0 Å². The number of rotatable bonds is 3. The second-order valence-electron chi connectivity index (χ2n) is 4.10. The molecule has 0 aliphatic rings. The third-order valence-corrected chi connectivity index (χ3v) is 2.27. The molecule has 1 aromatic carbocycles. The Hall–Kier alpha value is -1.29. The van der Waals surface area contributed by atoms with E-state index in [4.69, 9.17) is 10.5 Å². The molecule has 0 heterocycles. The molecule has 4 heteroatoms. The first-order chi connectivity index (χ1) is 6.80. The maximum absolute atomic E-state index is 12.9. The van der Waals surface area contributed by atoms with Gasteiger partial charge in [-0.2, -0.15) is 0 Å². The number of nitrogen functional groups attached to an aromatic ring is 1. The molecular formula is C11H16FNO2. The Balaban J connectivity index is 2.85. The second kappa shape index (κ2) is 4.06. The number of aliphatic hydroxyl groups is 1. The molecule has 1 atom stereocenters. The van der Waals surface area contributed by atoms with Crippen LogP contribution in [0.3, 0.4) is 0 Å². The number of halogens is 1. The first-order valence-electron chi connectivity index (χ1n) is 4.75. The van der Waals surface area contributed by atoms with Crippen LogP contribution in [0, 0.1) is 5.82 Å². The molecule has 0 bridgehead atoms. The van der Waals surface area contributed by atoms with Crippen molar-refractivity contribution in [3.8, 4) is 5.75 Å². The molecule has 0 saturated heterocycles. The Labute approximate surface area is 88.7 Å². The molecule has 15 heavy (non-hydrogen) atoms. The van der Waals surface area contributed by atoms with Crippen molar-refractivity contribution in [2.45, 2.75) is 32.5 Å². The summed E-state index contributed by atoms with van der Waals surface area (Å²) in [5, 5.41) is 9.65. The normalized spacial score (nSPS) is 13.7. The van der Waals surface area contributed by atoms with Crippen LogP contribution in [0.2, 0.25) is 0 Å². The zero-order chi connectivity index (χ0) is 11.6. The summed E-state index contributed by atoms with van der Waals surface area (Å²) in [4.78, 5) is 0. The molecule has 0 saturated carbocycles. The fraction of sp³-hybridized carbons (Fsp3) is 0.455. The summed E-state index contributed by atoms with van der Waals surface area (Å²) in [5.74, 6) is -0.160. The van der Waals surface area contributed by atoms with Gasteiger partial charge in [0.1, 0.15) is 17.7 Å². The minimum absolute atomic E-state index is 0.254. The highest BCUT2D eigenvalue weighted by molar-refractivity contribution is 5.52. The maximum Gasteiger partial charge on any atom is 0.145 e. The number of hydrogen-bond donors (Lipinski definition) is 2. The van der Waals surface area contributed by atoms with Crippen molar-refractivity contribution < 1.29 is 14.2 Å². The maximum atomic E-state index is 12.9. The van der Waals surface area contributed by atoms with Gasteiger partial charge < -0.3 is 15.6 Å². The van der Waals surface area contributed by atoms with E-state index < -0.39 is 17.5 Å². The van der Waals surface area contributed by atoms with E-state index in [0.29, 0.717) is 5.69 Å². The van der Waals surface area contributed by atoms with Gasteiger partial charge in [-0.05, 0) is 32.9 Å². The lowest BCUT2D eigenvalue weighted by molar-refractivity contribution is -0.0239. The lowest BCUT2D eigenvalue weighted by Gasteiger charge is -2.27. The van der Waals surface area contributed by atoms with Gasteiger partial charge in [0.05, 0.1) is 11.3 Å². The van der Waals surface area contributed by atoms with E-state index in [1.807, 2.05) is 0 Å². The van der Waals surface area contributed by atoms with E-state index >= 15 is 0 Å². The Bertz CT molecular complexity index is 347. The van der Waals surface area contributed by atoms with Gasteiger partial charge in [-0.15, -0.1) is 0 Å². The molecule has 1 aromatic rings. The average Bonchev–Trinajstić information content (AvgIpc) is 2.09. The van der Waals surface area contributed by atoms with Gasteiger partial charge in [-0.3, -0.25) is 0 Å². The van der Waals surface area contributed by atoms with Crippen LogP contribution in [0.15, 0.2) is 18.2 Å². The van der Waals surface area contributed by atoms with Crippen molar-refractivity contribution in [1.29, 1.82) is 0 Å². The first kappa shape index (κ1) is 11.8. The Morgan fingerprint density at radius 3 is 2.60 bits per heavy atom. The lowest BCUT2D eigenvalue weighted by atomic mass is 10.0. The van der Waals surface area contributed by atoms with Crippen molar-refractivity contribution >= 4 is 5.69 Å². The molecule has 3 N–H and O–H groups in total. The monoisotopic (exact) mass is 213 g/mol. The van der Waals surface area contributed by atoms with Gasteiger partial charge in [0.2, 0.25) is 0 Å². The predicted octanol–water partition coefficient (Wildman–Crippen LogP) is 1.95. The van der Waals surface area contributed by atoms with Gasteiger partial charge in [0.15, 0.2) is 0 Å². The number of nitrogens with two attached hydrogens (primary N) is 1. The van der Waals surface area contributed by atoms with E-state index in [-0.39, 0.29) is 5.75 Å². The molecule has 0 amide bonds. The van der Waals surface area contributed by atoms with Crippen molar-refractivity contribution in [2.75, 3.05) is 5.73 Å². The van der Waals surface area contributed by atoms with Gasteiger partial charge in [0.25, 0.3) is 0 Å². The van der Waals surface area contributed by atoms with Crippen LogP contribution >= 0.6 is 0 Å². The van der Waals surface area contributed by atoms with Crippen molar-refractivity contribution in [1.82, 2.24) is 0 Å². The Morgan fingerprint density at radius 2 is 2.07 bits per heavy atom. The molecular weight excluding hydrogens is 197 g/mol. The molecule has 84 valence electrons. The predicted molar refractivity (Wildman–Crippen MR) is 57.2 cm³/mol. The smallest absolute Gasteiger partial charge is 0.145 e. The molecule has 0 aromatic heterocycles. The minimum Gasteiger partial charge on any atom is -0.485 e. The van der Waals surface area contributed by atoms with Crippen LogP contribution < -0.4 is 10.5 Å². The fourth-order valence-corrected chi connectivity index (χ4v) is 0.945. The van der Waals surface area contributed by atoms with Crippen LogP contribution in [-0.2, 0) is 0 Å². The third kappa shape index (κ3) is 3.09. The van der Waals surface area contributed by atoms with Gasteiger partial charge in [-0.25, -0.2) is 4.39 Å². The number of benzene rings is 1. The van der Waals surface area contributed by atoms with Crippen LogP contribution in [0.1, 0.15) is 20.8 Å². The number of ether oxygens (including phenoxy) is 1. The zero-order valence-electron chi connectivity index (χ0n) is 9.12. The van der Waals surface area contributed by atoms with Gasteiger partial charge in [0, 0.05) is 6.07 Å². The quantitative estimate of drug-likeness (QED) is 0.754. The summed E-state index contributed by atoms with van der Waals surface area (Å²) in [6.07, 6.45) is -0.471. The molecule has 0 aliphatic carbocycles. The molecule has 0 fully saturated rings. The minimum atomic E-state index is -1.00. The molecule has 0 spiro atoms. The molecule has 0 unspecified atom stereocenters. The number of anilines is 1. The van der Waals surface area contributed by atoms with Crippen LogP contribution in [0.25, 0.3) is 0 Å². The summed E-state index contributed by atoms with van der Waals surface area (Å²) in [6.45, 7) is 4.94. The lowest BCUT2D eigenvalue weighted by Crippen LogP contribution is -2.38. The van der Waals surface area contributed by atoms with Crippen molar-refractivity contribution in [3.05, 3.63) is 24.0 Å². The van der Waals surface area contributed by atoms with E-state index in [0.717, 1.165) is 0 Å². The van der Waals surface area contributed by atoms with Crippen molar-refractivity contribution in [2.24, 2.45) is 0 Å². The summed E-state index contributed by atoms with van der Waals surface area (Å²) >= 11 is 0. The van der Waals surface area contributed by atoms with E-state index in [2.05, 4.69) is 0 Å². The molecule has 0 aliphatic heterocycles. The van der Waals surface area contributed by atoms with Gasteiger partial charge in [-0.1, -0.05) is 0 Å². The second-order valence-corrected chi connectivity index (χ2v) is 4.10. The Morgan fingerprint density at radius 1 is 1.47 bits per heavy atom. The Kier molecular flexibility index (Phi) is 3.19. The number of hydrogen-bond acceptors (Lipinski definition) is 3. The van der Waals surface area contributed by atoms with E-state index in [9.17, 15) is 9.50 Å². The van der Waals surface area contributed by atoms with Crippen LogP contribution in [-0.4, -0.2) is 16.8 Å². The highest BCUT2D eigenvalue weighted by Gasteiger charge is 2.24. The zero-order valence-corrected chi connectivity index (χ0v) is 9.12. The SMILES string of the molecule is C[C@H](Oc1cc(F)ccc1N)C(C)(C)O. The van der Waals surface area contributed by atoms with Crippen LogP contribution in [0.4, 0.5) is 10.1 Å². The summed E-state index contributed by atoms with van der Waals surface area (Å²) in [6, 6.07) is 3.90. The summed E-state index contributed by atoms with van der Waals surface area (Å²) < 4.78 is 18.3. The largest absolute Gasteiger partial charge is 0.485 e. The summed E-state index contributed by atoms with van der Waals surface area (Å²) in [7, 11) is 0. The molecule has 3 nitrogen and oxygen atoms in total. The average molecular weight is 213 g/mol. The highest BCUT2D eigenvalue weighted by Crippen LogP contribution is 2.25. The fourth-order valence-electron chi connectivity index (χ4n) is 0.945. The van der Waals surface area contributed by atoms with E-state index in [1.165, 1.54) is 18.2 Å². The highest BCUT2D eigenvalue weighted by atomic mass is 19.1. The van der Waals surface area contributed by atoms with Gasteiger partial charge >= 0.3 is 0 Å². The molecule has 1 rings (SSSR count). The first-order valence-corrected chi connectivity index (χ1v) is 4.75. The van der Waals surface area contributed by atoms with Crippen LogP contribution in [0.5, 0.6) is 5.75 Å². The topological polar surface area (TPSA) is 55.5 Å². The standard InChI is InChI=1S/C11H16FNO2/c1-7(11(2,3)14)15-10-6-8(12)4-5-9(10)13/h4-7,14H,13H2,1-3H3/t7-/m0/s1. The molecule has 0 radical (unpaired) electrons. The summed E-state index contributed by atoms with van der Waals surface area (Å²) in [5.41, 5.74) is 4.96. The third-order valence-electron chi connectivity index (χ3n) is 2.27. The van der Waals surface area contributed by atoms with E-state index in [1.54, 1.807) is 20.8 Å².